The maximum atomic E-state index is 11.6. The van der Waals surface area contributed by atoms with Crippen molar-refractivity contribution in [2.24, 2.45) is 5.92 Å². The summed E-state index contributed by atoms with van der Waals surface area (Å²) in [6, 6.07) is 0. The Morgan fingerprint density at radius 2 is 1.88 bits per heavy atom. The molecule has 0 aromatic carbocycles. The van der Waals surface area contributed by atoms with Gasteiger partial charge in [0.05, 0.1) is 6.61 Å². The van der Waals surface area contributed by atoms with Crippen molar-refractivity contribution < 1.29 is 9.63 Å². The minimum atomic E-state index is 0.0823. The second-order valence-electron chi connectivity index (χ2n) is 4.84. The molecule has 1 aliphatic heterocycles. The van der Waals surface area contributed by atoms with Gasteiger partial charge in [0.2, 0.25) is 5.91 Å². The largest absolute Gasteiger partial charge is 0.301 e. The summed E-state index contributed by atoms with van der Waals surface area (Å²) in [4.78, 5) is 19.2. The summed E-state index contributed by atoms with van der Waals surface area (Å²) in [6.07, 6.45) is 7.03. The Kier molecular flexibility index (Phi) is 4.60. The number of likely N-dealkylation sites (tertiary alicyclic amines) is 1. The lowest BCUT2D eigenvalue weighted by atomic mass is 10.1. The van der Waals surface area contributed by atoms with E-state index in [1.165, 1.54) is 38.8 Å². The third-order valence-electron chi connectivity index (χ3n) is 3.61. The quantitative estimate of drug-likeness (QED) is 0.568. The van der Waals surface area contributed by atoms with E-state index < -0.39 is 0 Å². The molecule has 0 aromatic heterocycles. The number of amides is 1. The molecule has 0 bridgehead atoms. The van der Waals surface area contributed by atoms with E-state index in [1.807, 2.05) is 0 Å². The molecule has 1 amide bonds. The molecule has 0 atom stereocenters. The fourth-order valence-corrected chi connectivity index (χ4v) is 2.57. The Bertz CT molecular complexity index is 221. The number of carbonyl (C=O) groups excluding carboxylic acids is 1. The zero-order valence-electron chi connectivity index (χ0n) is 9.91. The number of hydrogen-bond acceptors (Lipinski definition) is 3. The standard InChI is InChI=1S/C12H22N2O2/c15-12(11-5-1-2-6-11)13-16-10-9-14-7-3-4-8-14/h11H,1-10H2,(H,13,15). The SMILES string of the molecule is O=C(NOCCN1CCCC1)C1CCCC1. The summed E-state index contributed by atoms with van der Waals surface area (Å²) < 4.78 is 0. The Labute approximate surface area is 97.3 Å². The van der Waals surface area contributed by atoms with Gasteiger partial charge in [-0.2, -0.15) is 0 Å². The van der Waals surface area contributed by atoms with Crippen LogP contribution in [0.4, 0.5) is 0 Å². The molecular weight excluding hydrogens is 204 g/mol. The molecule has 2 aliphatic rings. The first-order valence-electron chi connectivity index (χ1n) is 6.50. The van der Waals surface area contributed by atoms with E-state index in [0.29, 0.717) is 6.61 Å². The molecule has 0 unspecified atom stereocenters. The molecule has 0 radical (unpaired) electrons. The van der Waals surface area contributed by atoms with E-state index in [0.717, 1.165) is 19.4 Å². The number of hydroxylamine groups is 1. The molecular formula is C12H22N2O2. The predicted molar refractivity (Wildman–Crippen MR) is 61.7 cm³/mol. The zero-order chi connectivity index (χ0) is 11.2. The highest BCUT2D eigenvalue weighted by atomic mass is 16.7. The van der Waals surface area contributed by atoms with Gasteiger partial charge in [-0.1, -0.05) is 12.8 Å². The van der Waals surface area contributed by atoms with Gasteiger partial charge in [0.15, 0.2) is 0 Å². The fraction of sp³-hybridized carbons (Fsp3) is 0.917. The highest BCUT2D eigenvalue weighted by molar-refractivity contribution is 5.77. The molecule has 1 saturated carbocycles. The van der Waals surface area contributed by atoms with Crippen LogP contribution in [0.2, 0.25) is 0 Å². The Morgan fingerprint density at radius 1 is 1.19 bits per heavy atom. The summed E-state index contributed by atoms with van der Waals surface area (Å²) in [5.41, 5.74) is 2.58. The number of carbonyl (C=O) groups is 1. The van der Waals surface area contributed by atoms with Crippen LogP contribution in [0.3, 0.4) is 0 Å². The minimum absolute atomic E-state index is 0.0823. The third kappa shape index (κ3) is 3.46. The first-order valence-corrected chi connectivity index (χ1v) is 6.50. The lowest BCUT2D eigenvalue weighted by molar-refractivity contribution is -0.137. The molecule has 4 nitrogen and oxygen atoms in total. The van der Waals surface area contributed by atoms with Crippen molar-refractivity contribution in [2.45, 2.75) is 38.5 Å². The van der Waals surface area contributed by atoms with Gasteiger partial charge >= 0.3 is 0 Å². The average molecular weight is 226 g/mol. The Hall–Kier alpha value is -0.610. The van der Waals surface area contributed by atoms with Crippen molar-refractivity contribution in [3.8, 4) is 0 Å². The number of hydrogen-bond donors (Lipinski definition) is 1. The van der Waals surface area contributed by atoms with Gasteiger partial charge in [-0.15, -0.1) is 0 Å². The lowest BCUT2D eigenvalue weighted by Gasteiger charge is -2.15. The predicted octanol–water partition coefficient (Wildman–Crippen LogP) is 1.32. The summed E-state index contributed by atoms with van der Waals surface area (Å²) in [6.45, 7) is 3.91. The van der Waals surface area contributed by atoms with E-state index >= 15 is 0 Å². The van der Waals surface area contributed by atoms with Crippen molar-refractivity contribution in [1.82, 2.24) is 10.4 Å². The van der Waals surface area contributed by atoms with E-state index in [1.54, 1.807) is 0 Å². The van der Waals surface area contributed by atoms with Gasteiger partial charge in [-0.05, 0) is 38.8 Å². The van der Waals surface area contributed by atoms with Crippen LogP contribution in [0, 0.1) is 5.92 Å². The van der Waals surface area contributed by atoms with Crippen LogP contribution < -0.4 is 5.48 Å². The Balaban J connectivity index is 1.51. The second kappa shape index (κ2) is 6.21. The molecule has 1 saturated heterocycles. The van der Waals surface area contributed by atoms with Crippen LogP contribution in [0.5, 0.6) is 0 Å². The monoisotopic (exact) mass is 226 g/mol. The molecule has 0 spiro atoms. The van der Waals surface area contributed by atoms with Crippen LogP contribution in [-0.2, 0) is 9.63 Å². The van der Waals surface area contributed by atoms with Crippen LogP contribution in [0.1, 0.15) is 38.5 Å². The van der Waals surface area contributed by atoms with Crippen molar-refractivity contribution >= 4 is 5.91 Å². The van der Waals surface area contributed by atoms with E-state index in [-0.39, 0.29) is 11.8 Å². The first kappa shape index (κ1) is 11.9. The summed E-state index contributed by atoms with van der Waals surface area (Å²) >= 11 is 0. The topological polar surface area (TPSA) is 41.6 Å². The van der Waals surface area contributed by atoms with Crippen LogP contribution in [0.25, 0.3) is 0 Å². The van der Waals surface area contributed by atoms with Gasteiger partial charge < -0.3 is 4.90 Å². The fourth-order valence-electron chi connectivity index (χ4n) is 2.57. The number of nitrogens with zero attached hydrogens (tertiary/aromatic N) is 1. The molecule has 1 aliphatic carbocycles. The summed E-state index contributed by atoms with van der Waals surface area (Å²) in [5, 5.41) is 0. The van der Waals surface area contributed by atoms with E-state index in [4.69, 9.17) is 4.84 Å². The highest BCUT2D eigenvalue weighted by Gasteiger charge is 2.22. The van der Waals surface area contributed by atoms with Gasteiger partial charge in [-0.25, -0.2) is 5.48 Å². The summed E-state index contributed by atoms with van der Waals surface area (Å²) in [5.74, 6) is 0.283. The minimum Gasteiger partial charge on any atom is -0.301 e. The third-order valence-corrected chi connectivity index (χ3v) is 3.61. The average Bonchev–Trinajstić information content (AvgIpc) is 2.96. The second-order valence-corrected chi connectivity index (χ2v) is 4.84. The molecule has 4 heteroatoms. The number of nitrogens with one attached hydrogen (secondary N) is 1. The zero-order valence-corrected chi connectivity index (χ0v) is 9.91. The molecule has 2 fully saturated rings. The van der Waals surface area contributed by atoms with Gasteiger partial charge in [0.25, 0.3) is 0 Å². The lowest BCUT2D eigenvalue weighted by Crippen LogP contribution is -2.33. The smallest absolute Gasteiger partial charge is 0.246 e. The molecule has 1 heterocycles. The molecule has 0 aromatic rings. The van der Waals surface area contributed by atoms with Crippen LogP contribution in [0.15, 0.2) is 0 Å². The maximum absolute atomic E-state index is 11.6. The molecule has 16 heavy (non-hydrogen) atoms. The molecule has 2 rings (SSSR count). The first-order chi connectivity index (χ1) is 7.86. The number of rotatable bonds is 5. The van der Waals surface area contributed by atoms with Crippen molar-refractivity contribution in [3.05, 3.63) is 0 Å². The summed E-state index contributed by atoms with van der Waals surface area (Å²) in [7, 11) is 0. The van der Waals surface area contributed by atoms with Crippen molar-refractivity contribution in [3.63, 3.8) is 0 Å². The van der Waals surface area contributed by atoms with Gasteiger partial charge in [0.1, 0.15) is 0 Å². The maximum Gasteiger partial charge on any atom is 0.246 e. The van der Waals surface area contributed by atoms with Crippen molar-refractivity contribution in [2.75, 3.05) is 26.2 Å². The van der Waals surface area contributed by atoms with E-state index in [2.05, 4.69) is 10.4 Å². The Morgan fingerprint density at radius 3 is 2.56 bits per heavy atom. The van der Waals surface area contributed by atoms with Gasteiger partial charge in [0, 0.05) is 12.5 Å². The van der Waals surface area contributed by atoms with Gasteiger partial charge in [-0.3, -0.25) is 9.63 Å². The molecule has 1 N–H and O–H groups in total. The normalized spacial score (nSPS) is 22.8. The molecule has 92 valence electrons. The van der Waals surface area contributed by atoms with E-state index in [9.17, 15) is 4.79 Å². The van der Waals surface area contributed by atoms with Crippen molar-refractivity contribution in [1.29, 1.82) is 0 Å². The van der Waals surface area contributed by atoms with Crippen LogP contribution in [-0.4, -0.2) is 37.0 Å². The van der Waals surface area contributed by atoms with Crippen LogP contribution >= 0.6 is 0 Å². The highest BCUT2D eigenvalue weighted by Crippen LogP contribution is 2.24.